The van der Waals surface area contributed by atoms with E-state index < -0.39 is 0 Å². The van der Waals surface area contributed by atoms with E-state index in [9.17, 15) is 0 Å². The zero-order valence-electron chi connectivity index (χ0n) is 14.0. The maximum absolute atomic E-state index is 5.69. The predicted molar refractivity (Wildman–Crippen MR) is 86.2 cm³/mol. The summed E-state index contributed by atoms with van der Waals surface area (Å²) in [6, 6.07) is 0. The van der Waals surface area contributed by atoms with Crippen LogP contribution in [0.15, 0.2) is 4.99 Å². The van der Waals surface area contributed by atoms with Gasteiger partial charge in [-0.05, 0) is 37.5 Å². The molecule has 1 aliphatic carbocycles. The van der Waals surface area contributed by atoms with E-state index in [2.05, 4.69) is 45.0 Å². The molecule has 0 aliphatic heterocycles. The third-order valence-corrected chi connectivity index (χ3v) is 3.44. The molecule has 0 amide bonds. The van der Waals surface area contributed by atoms with Gasteiger partial charge in [-0.15, -0.1) is 0 Å². The molecule has 20 heavy (non-hydrogen) atoms. The van der Waals surface area contributed by atoms with Crippen LogP contribution in [0.1, 0.15) is 47.0 Å². The highest BCUT2D eigenvalue weighted by Gasteiger charge is 2.21. The molecule has 0 atom stereocenters. The first-order valence-electron chi connectivity index (χ1n) is 7.99. The van der Waals surface area contributed by atoms with Crippen LogP contribution in [0.2, 0.25) is 0 Å². The first-order chi connectivity index (χ1) is 9.42. The van der Waals surface area contributed by atoms with E-state index >= 15 is 0 Å². The maximum Gasteiger partial charge on any atom is 0.193 e. The molecule has 0 aromatic carbocycles. The molecular weight excluding hydrogens is 250 g/mol. The Morgan fingerprint density at radius 3 is 2.60 bits per heavy atom. The topological polar surface area (TPSA) is 36.9 Å². The Morgan fingerprint density at radius 2 is 2.05 bits per heavy atom. The minimum Gasteiger partial charge on any atom is -0.379 e. The lowest BCUT2D eigenvalue weighted by molar-refractivity contribution is 0.115. The number of rotatable bonds is 8. The van der Waals surface area contributed by atoms with Gasteiger partial charge in [0.05, 0.1) is 6.61 Å². The molecule has 1 saturated carbocycles. The van der Waals surface area contributed by atoms with Crippen LogP contribution in [0.5, 0.6) is 0 Å². The Morgan fingerprint density at radius 1 is 1.35 bits per heavy atom. The lowest BCUT2D eigenvalue weighted by Crippen LogP contribution is -2.40. The molecule has 0 saturated heterocycles. The van der Waals surface area contributed by atoms with Gasteiger partial charge < -0.3 is 15.0 Å². The fourth-order valence-electron chi connectivity index (χ4n) is 1.81. The zero-order chi connectivity index (χ0) is 15.0. The normalized spacial score (nSPS) is 16.4. The highest BCUT2D eigenvalue weighted by atomic mass is 16.5. The summed E-state index contributed by atoms with van der Waals surface area (Å²) in [7, 11) is 2.08. The predicted octanol–water partition coefficient (Wildman–Crippen LogP) is 2.75. The Kier molecular flexibility index (Phi) is 7.35. The number of likely N-dealkylation sites (N-methyl/N-ethyl adjacent to an activating group) is 1. The van der Waals surface area contributed by atoms with E-state index in [1.807, 2.05) is 0 Å². The number of hydrogen-bond acceptors (Lipinski definition) is 2. The Balaban J connectivity index is 2.27. The molecule has 1 rings (SSSR count). The third kappa shape index (κ3) is 8.41. The second-order valence-electron chi connectivity index (χ2n) is 6.99. The van der Waals surface area contributed by atoms with Gasteiger partial charge in [-0.25, -0.2) is 0 Å². The van der Waals surface area contributed by atoms with Crippen molar-refractivity contribution < 1.29 is 4.74 Å². The molecule has 1 aliphatic rings. The Labute approximate surface area is 125 Å². The second-order valence-corrected chi connectivity index (χ2v) is 6.99. The smallest absolute Gasteiger partial charge is 0.193 e. The number of aliphatic imine (C=N–C) groups is 1. The van der Waals surface area contributed by atoms with Crippen molar-refractivity contribution in [3.05, 3.63) is 0 Å². The van der Waals surface area contributed by atoms with E-state index in [0.717, 1.165) is 51.1 Å². The largest absolute Gasteiger partial charge is 0.379 e. The molecular formula is C16H33N3O. The SMILES string of the molecule is CCNC(=NCCC(C)(C)C)N(C)CCOCC1CC1. The summed E-state index contributed by atoms with van der Waals surface area (Å²) < 4.78 is 5.69. The highest BCUT2D eigenvalue weighted by molar-refractivity contribution is 5.79. The molecule has 0 heterocycles. The zero-order valence-corrected chi connectivity index (χ0v) is 14.0. The van der Waals surface area contributed by atoms with Crippen LogP contribution in [0.3, 0.4) is 0 Å². The summed E-state index contributed by atoms with van der Waals surface area (Å²) in [4.78, 5) is 6.87. The van der Waals surface area contributed by atoms with Crippen molar-refractivity contribution in [1.29, 1.82) is 0 Å². The van der Waals surface area contributed by atoms with Crippen molar-refractivity contribution in [1.82, 2.24) is 10.2 Å². The van der Waals surface area contributed by atoms with E-state index in [-0.39, 0.29) is 0 Å². The van der Waals surface area contributed by atoms with Gasteiger partial charge in [-0.3, -0.25) is 4.99 Å². The van der Waals surface area contributed by atoms with Crippen LogP contribution in [-0.4, -0.2) is 50.8 Å². The minimum absolute atomic E-state index is 0.340. The molecule has 1 fully saturated rings. The summed E-state index contributed by atoms with van der Waals surface area (Å²) in [6.07, 6.45) is 3.81. The molecule has 4 heteroatoms. The quantitative estimate of drug-likeness (QED) is 0.423. The maximum atomic E-state index is 5.69. The van der Waals surface area contributed by atoms with Gasteiger partial charge in [0, 0.05) is 33.3 Å². The molecule has 1 N–H and O–H groups in total. The highest BCUT2D eigenvalue weighted by Crippen LogP contribution is 2.28. The van der Waals surface area contributed by atoms with Crippen LogP contribution < -0.4 is 5.32 Å². The minimum atomic E-state index is 0.340. The monoisotopic (exact) mass is 283 g/mol. The Bertz CT molecular complexity index is 293. The number of guanidine groups is 1. The standard InChI is InChI=1S/C16H33N3O/c1-6-17-15(18-10-9-16(2,3)4)19(5)11-12-20-13-14-7-8-14/h14H,6-13H2,1-5H3,(H,17,18). The van der Waals surface area contributed by atoms with E-state index in [0.29, 0.717) is 5.41 Å². The number of nitrogens with zero attached hydrogens (tertiary/aromatic N) is 2. The summed E-state index contributed by atoms with van der Waals surface area (Å²) >= 11 is 0. The van der Waals surface area contributed by atoms with Crippen LogP contribution in [0.4, 0.5) is 0 Å². The van der Waals surface area contributed by atoms with E-state index in [1.54, 1.807) is 0 Å². The first kappa shape index (κ1) is 17.3. The van der Waals surface area contributed by atoms with Gasteiger partial charge in [0.1, 0.15) is 0 Å². The lowest BCUT2D eigenvalue weighted by atomic mass is 9.92. The van der Waals surface area contributed by atoms with Crippen LogP contribution in [0, 0.1) is 11.3 Å². The van der Waals surface area contributed by atoms with Crippen LogP contribution in [0.25, 0.3) is 0 Å². The average Bonchev–Trinajstić information content (AvgIpc) is 3.16. The Hall–Kier alpha value is -0.770. The number of ether oxygens (including phenoxy) is 1. The molecule has 0 bridgehead atoms. The van der Waals surface area contributed by atoms with Crippen molar-refractivity contribution in [2.45, 2.75) is 47.0 Å². The summed E-state index contributed by atoms with van der Waals surface area (Å²) in [5, 5.41) is 3.35. The summed E-state index contributed by atoms with van der Waals surface area (Å²) in [6.45, 7) is 13.3. The summed E-state index contributed by atoms with van der Waals surface area (Å²) in [5.41, 5.74) is 0.340. The first-order valence-corrected chi connectivity index (χ1v) is 7.99. The molecule has 0 spiro atoms. The number of hydrogen-bond donors (Lipinski definition) is 1. The van der Waals surface area contributed by atoms with Crippen molar-refractivity contribution in [2.24, 2.45) is 16.3 Å². The molecule has 4 nitrogen and oxygen atoms in total. The van der Waals surface area contributed by atoms with Gasteiger partial charge in [-0.2, -0.15) is 0 Å². The fourth-order valence-corrected chi connectivity index (χ4v) is 1.81. The molecule has 0 aromatic heterocycles. The van der Waals surface area contributed by atoms with Crippen LogP contribution in [-0.2, 0) is 4.74 Å². The molecule has 118 valence electrons. The van der Waals surface area contributed by atoms with Crippen molar-refractivity contribution in [3.63, 3.8) is 0 Å². The van der Waals surface area contributed by atoms with Crippen molar-refractivity contribution >= 4 is 5.96 Å². The van der Waals surface area contributed by atoms with Gasteiger partial charge in [-0.1, -0.05) is 20.8 Å². The van der Waals surface area contributed by atoms with Gasteiger partial charge in [0.2, 0.25) is 0 Å². The average molecular weight is 283 g/mol. The van der Waals surface area contributed by atoms with Gasteiger partial charge in [0.25, 0.3) is 0 Å². The van der Waals surface area contributed by atoms with Gasteiger partial charge in [0.15, 0.2) is 5.96 Å². The number of nitrogens with one attached hydrogen (secondary N) is 1. The third-order valence-electron chi connectivity index (χ3n) is 3.44. The molecule has 0 radical (unpaired) electrons. The van der Waals surface area contributed by atoms with Crippen LogP contribution >= 0.6 is 0 Å². The fraction of sp³-hybridized carbons (Fsp3) is 0.938. The second kappa shape index (κ2) is 8.50. The summed E-state index contributed by atoms with van der Waals surface area (Å²) in [5.74, 6) is 1.83. The van der Waals surface area contributed by atoms with Crippen molar-refractivity contribution in [2.75, 3.05) is 39.9 Å². The molecule has 0 aromatic rings. The van der Waals surface area contributed by atoms with Crippen molar-refractivity contribution in [3.8, 4) is 0 Å². The molecule has 0 unspecified atom stereocenters. The van der Waals surface area contributed by atoms with E-state index in [1.165, 1.54) is 12.8 Å². The lowest BCUT2D eigenvalue weighted by Gasteiger charge is -2.23. The van der Waals surface area contributed by atoms with Gasteiger partial charge >= 0.3 is 0 Å². The van der Waals surface area contributed by atoms with E-state index in [4.69, 9.17) is 9.73 Å².